The van der Waals surface area contributed by atoms with Crippen LogP contribution in [-0.2, 0) is 6.42 Å². The topological polar surface area (TPSA) is 15.3 Å². The summed E-state index contributed by atoms with van der Waals surface area (Å²) in [4.78, 5) is 2.67. The average molecular weight is 309 g/mol. The molecule has 1 aromatic rings. The first-order valence-corrected chi connectivity index (χ1v) is 7.87. The molecule has 1 saturated heterocycles. The molecule has 0 aromatic heterocycles. The zero-order valence-corrected chi connectivity index (χ0v) is 12.4. The van der Waals surface area contributed by atoms with Gasteiger partial charge >= 0.3 is 0 Å². The van der Waals surface area contributed by atoms with Crippen LogP contribution in [0.2, 0.25) is 0 Å². The molecule has 98 valence electrons. The third-order valence-electron chi connectivity index (χ3n) is 4.26. The van der Waals surface area contributed by atoms with Crippen LogP contribution in [0.25, 0.3) is 0 Å². The molecule has 0 radical (unpaired) electrons. The lowest BCUT2D eigenvalue weighted by Crippen LogP contribution is -2.45. The molecule has 3 heteroatoms. The van der Waals surface area contributed by atoms with Crippen molar-refractivity contribution in [3.8, 4) is 0 Å². The summed E-state index contributed by atoms with van der Waals surface area (Å²) in [6.07, 6.45) is 5.25. The Labute approximate surface area is 118 Å². The summed E-state index contributed by atoms with van der Waals surface area (Å²) in [6.45, 7) is 4.66. The first kappa shape index (κ1) is 12.6. The predicted octanol–water partition coefficient (Wildman–Crippen LogP) is 3.12. The number of rotatable bonds is 1. The van der Waals surface area contributed by atoms with E-state index in [-0.39, 0.29) is 0 Å². The van der Waals surface area contributed by atoms with E-state index in [2.05, 4.69) is 44.3 Å². The van der Waals surface area contributed by atoms with E-state index in [0.29, 0.717) is 6.04 Å². The van der Waals surface area contributed by atoms with Crippen LogP contribution in [0.5, 0.6) is 0 Å². The van der Waals surface area contributed by atoms with E-state index >= 15 is 0 Å². The molecule has 2 aliphatic rings. The molecular formula is C15H21BrN2. The molecule has 1 unspecified atom stereocenters. The van der Waals surface area contributed by atoms with Gasteiger partial charge in [0.25, 0.3) is 0 Å². The van der Waals surface area contributed by atoms with Gasteiger partial charge in [0.05, 0.1) is 0 Å². The minimum atomic E-state index is 0.641. The molecule has 1 aliphatic heterocycles. The minimum Gasteiger partial charge on any atom is -0.314 e. The van der Waals surface area contributed by atoms with Crippen molar-refractivity contribution in [2.45, 2.75) is 31.7 Å². The number of halogens is 1. The van der Waals surface area contributed by atoms with Crippen LogP contribution in [0.3, 0.4) is 0 Å². The summed E-state index contributed by atoms with van der Waals surface area (Å²) >= 11 is 3.74. The van der Waals surface area contributed by atoms with Gasteiger partial charge in [-0.2, -0.15) is 0 Å². The molecule has 1 N–H and O–H groups in total. The van der Waals surface area contributed by atoms with Crippen LogP contribution < -0.4 is 5.32 Å². The SMILES string of the molecule is Brc1cccc2c1CCCCC2N1CCNCC1. The third-order valence-corrected chi connectivity index (χ3v) is 5.00. The van der Waals surface area contributed by atoms with Gasteiger partial charge in [0.15, 0.2) is 0 Å². The van der Waals surface area contributed by atoms with Crippen LogP contribution in [0, 0.1) is 0 Å². The van der Waals surface area contributed by atoms with Gasteiger partial charge in [-0.3, -0.25) is 4.90 Å². The molecule has 0 amide bonds. The van der Waals surface area contributed by atoms with Crippen molar-refractivity contribution in [1.82, 2.24) is 10.2 Å². The second-order valence-corrected chi connectivity index (χ2v) is 6.21. The first-order chi connectivity index (χ1) is 8.86. The van der Waals surface area contributed by atoms with Gasteiger partial charge < -0.3 is 5.32 Å². The fourth-order valence-electron chi connectivity index (χ4n) is 3.32. The van der Waals surface area contributed by atoms with E-state index in [4.69, 9.17) is 0 Å². The summed E-state index contributed by atoms with van der Waals surface area (Å²) in [6, 6.07) is 7.38. The van der Waals surface area contributed by atoms with Crippen LogP contribution in [0.4, 0.5) is 0 Å². The monoisotopic (exact) mass is 308 g/mol. The highest BCUT2D eigenvalue weighted by atomic mass is 79.9. The molecule has 1 atom stereocenters. The van der Waals surface area contributed by atoms with Gasteiger partial charge in [-0.15, -0.1) is 0 Å². The van der Waals surface area contributed by atoms with E-state index < -0.39 is 0 Å². The van der Waals surface area contributed by atoms with Crippen molar-refractivity contribution in [3.05, 3.63) is 33.8 Å². The highest BCUT2D eigenvalue weighted by Crippen LogP contribution is 2.36. The van der Waals surface area contributed by atoms with Crippen molar-refractivity contribution < 1.29 is 0 Å². The Morgan fingerprint density at radius 2 is 2.00 bits per heavy atom. The predicted molar refractivity (Wildman–Crippen MR) is 78.9 cm³/mol. The van der Waals surface area contributed by atoms with Crippen molar-refractivity contribution in [2.75, 3.05) is 26.2 Å². The van der Waals surface area contributed by atoms with Crippen molar-refractivity contribution in [3.63, 3.8) is 0 Å². The lowest BCUT2D eigenvalue weighted by atomic mass is 9.97. The zero-order chi connectivity index (χ0) is 12.4. The molecule has 3 rings (SSSR count). The van der Waals surface area contributed by atoms with Gasteiger partial charge in [0, 0.05) is 36.7 Å². The maximum atomic E-state index is 3.74. The number of nitrogens with zero attached hydrogens (tertiary/aromatic N) is 1. The van der Waals surface area contributed by atoms with Crippen molar-refractivity contribution in [2.24, 2.45) is 0 Å². The highest BCUT2D eigenvalue weighted by molar-refractivity contribution is 9.10. The number of piperazine rings is 1. The molecule has 1 aromatic carbocycles. The molecule has 1 heterocycles. The summed E-state index contributed by atoms with van der Waals surface area (Å²) < 4.78 is 1.31. The van der Waals surface area contributed by atoms with E-state index in [0.717, 1.165) is 13.1 Å². The van der Waals surface area contributed by atoms with Gasteiger partial charge in [0.2, 0.25) is 0 Å². The number of fused-ring (bicyclic) bond motifs is 1. The average Bonchev–Trinajstić information content (AvgIpc) is 2.63. The number of hydrogen-bond acceptors (Lipinski definition) is 2. The molecule has 1 aliphatic carbocycles. The first-order valence-electron chi connectivity index (χ1n) is 7.08. The maximum absolute atomic E-state index is 3.74. The highest BCUT2D eigenvalue weighted by Gasteiger charge is 2.26. The quantitative estimate of drug-likeness (QED) is 0.802. The second kappa shape index (κ2) is 5.72. The molecule has 2 nitrogen and oxygen atoms in total. The standard InChI is InChI=1S/C15H21BrN2/c16-14-6-3-5-13-12(14)4-1-2-7-15(13)18-10-8-17-9-11-18/h3,5-6,15,17H,1-2,4,7-11H2. The Morgan fingerprint density at radius 3 is 2.83 bits per heavy atom. The summed E-state index contributed by atoms with van der Waals surface area (Å²) in [5.74, 6) is 0. The van der Waals surface area contributed by atoms with Crippen LogP contribution in [0.15, 0.2) is 22.7 Å². The Kier molecular flexibility index (Phi) is 4.02. The van der Waals surface area contributed by atoms with Crippen molar-refractivity contribution in [1.29, 1.82) is 0 Å². The Bertz CT molecular complexity index is 413. The van der Waals surface area contributed by atoms with Gasteiger partial charge in [-0.1, -0.05) is 34.5 Å². The number of hydrogen-bond donors (Lipinski definition) is 1. The summed E-state index contributed by atoms with van der Waals surface area (Å²) in [5.41, 5.74) is 3.13. The van der Waals surface area contributed by atoms with Crippen LogP contribution in [0.1, 0.15) is 36.4 Å². The smallest absolute Gasteiger partial charge is 0.0352 e. The van der Waals surface area contributed by atoms with Crippen LogP contribution >= 0.6 is 15.9 Å². The number of nitrogens with one attached hydrogen (secondary N) is 1. The molecule has 18 heavy (non-hydrogen) atoms. The molecule has 0 saturated carbocycles. The zero-order valence-electron chi connectivity index (χ0n) is 10.8. The van der Waals surface area contributed by atoms with Gasteiger partial charge in [0.1, 0.15) is 0 Å². The lowest BCUT2D eigenvalue weighted by Gasteiger charge is -2.35. The lowest BCUT2D eigenvalue weighted by molar-refractivity contribution is 0.164. The Morgan fingerprint density at radius 1 is 1.17 bits per heavy atom. The van der Waals surface area contributed by atoms with Crippen molar-refractivity contribution >= 4 is 15.9 Å². The van der Waals surface area contributed by atoms with E-state index in [1.807, 2.05) is 0 Å². The molecular weight excluding hydrogens is 288 g/mol. The largest absolute Gasteiger partial charge is 0.314 e. The van der Waals surface area contributed by atoms with E-state index in [1.54, 1.807) is 11.1 Å². The number of benzene rings is 1. The third kappa shape index (κ3) is 2.49. The van der Waals surface area contributed by atoms with Gasteiger partial charge in [-0.05, 0) is 36.5 Å². The molecule has 0 spiro atoms. The fourth-order valence-corrected chi connectivity index (χ4v) is 3.90. The minimum absolute atomic E-state index is 0.641. The normalized spacial score (nSPS) is 25.5. The van der Waals surface area contributed by atoms with E-state index in [9.17, 15) is 0 Å². The maximum Gasteiger partial charge on any atom is 0.0352 e. The second-order valence-electron chi connectivity index (χ2n) is 5.36. The Hall–Kier alpha value is -0.380. The summed E-state index contributed by atoms with van der Waals surface area (Å²) in [7, 11) is 0. The molecule has 1 fully saturated rings. The fraction of sp³-hybridized carbons (Fsp3) is 0.600. The van der Waals surface area contributed by atoms with Gasteiger partial charge in [-0.25, -0.2) is 0 Å². The van der Waals surface area contributed by atoms with Crippen LogP contribution in [-0.4, -0.2) is 31.1 Å². The molecule has 0 bridgehead atoms. The van der Waals surface area contributed by atoms with E-state index in [1.165, 1.54) is 43.2 Å². The summed E-state index contributed by atoms with van der Waals surface area (Å²) in [5, 5.41) is 3.45. The Balaban J connectivity index is 1.93.